The molecule has 2 aliphatic rings. The number of nitrogens with one attached hydrogen (secondary N) is 3. The topological polar surface area (TPSA) is 107 Å². The maximum atomic E-state index is 12.7. The number of rotatable bonds is 3. The summed E-state index contributed by atoms with van der Waals surface area (Å²) in [7, 11) is 0. The number of aliphatic hydroxyl groups is 1. The maximum absolute atomic E-state index is 12.7. The Bertz CT molecular complexity index is 1320. The highest BCUT2D eigenvalue weighted by Gasteiger charge is 2.62. The number of amides is 1. The highest BCUT2D eigenvalue weighted by molar-refractivity contribution is 6.31. The van der Waals surface area contributed by atoms with Gasteiger partial charge in [-0.05, 0) is 60.6 Å². The van der Waals surface area contributed by atoms with E-state index in [1.54, 1.807) is 30.5 Å². The molecule has 152 valence electrons. The van der Waals surface area contributed by atoms with E-state index in [1.165, 1.54) is 0 Å². The van der Waals surface area contributed by atoms with Crippen molar-refractivity contribution < 1.29 is 9.90 Å². The van der Waals surface area contributed by atoms with Crippen LogP contribution in [0.2, 0.25) is 10.0 Å². The first kappa shape index (κ1) is 18.2. The fourth-order valence-corrected chi connectivity index (χ4v) is 5.39. The van der Waals surface area contributed by atoms with Crippen molar-refractivity contribution in [2.24, 2.45) is 11.8 Å². The fraction of sp³-hybridized carbons (Fsp3) is 0.286. The summed E-state index contributed by atoms with van der Waals surface area (Å²) in [6.07, 6.45) is 2.86. The predicted molar refractivity (Wildman–Crippen MR) is 114 cm³/mol. The monoisotopic (exact) mass is 441 g/mol. The van der Waals surface area contributed by atoms with Crippen LogP contribution in [0.25, 0.3) is 21.9 Å². The molecule has 0 unspecified atom stereocenters. The predicted octanol–water partition coefficient (Wildman–Crippen LogP) is 3.77. The second kappa shape index (κ2) is 6.20. The zero-order chi connectivity index (χ0) is 20.6. The molecule has 0 saturated heterocycles. The van der Waals surface area contributed by atoms with Gasteiger partial charge >= 0.3 is 0 Å². The first-order valence-electron chi connectivity index (χ1n) is 9.73. The Hall–Kier alpha value is -2.61. The van der Waals surface area contributed by atoms with Crippen molar-refractivity contribution in [3.8, 4) is 0 Å². The average molecular weight is 442 g/mol. The number of carbonyl (C=O) groups is 1. The second-order valence-electron chi connectivity index (χ2n) is 8.30. The van der Waals surface area contributed by atoms with Crippen LogP contribution < -0.4 is 5.32 Å². The van der Waals surface area contributed by atoms with Gasteiger partial charge in [0, 0.05) is 21.5 Å². The third-order valence-electron chi connectivity index (χ3n) is 6.46. The molecule has 2 fully saturated rings. The quantitative estimate of drug-likeness (QED) is 0.388. The highest BCUT2D eigenvalue weighted by Crippen LogP contribution is 2.60. The van der Waals surface area contributed by atoms with Gasteiger partial charge in [0.25, 0.3) is 5.91 Å². The highest BCUT2D eigenvalue weighted by atomic mass is 35.5. The van der Waals surface area contributed by atoms with Crippen LogP contribution in [0.4, 0.5) is 0 Å². The number of aromatic nitrogens is 4. The van der Waals surface area contributed by atoms with Crippen molar-refractivity contribution in [1.29, 1.82) is 0 Å². The van der Waals surface area contributed by atoms with Crippen LogP contribution in [-0.2, 0) is 5.60 Å². The average Bonchev–Trinajstić information content (AvgIpc) is 3.16. The van der Waals surface area contributed by atoms with Gasteiger partial charge in [-0.1, -0.05) is 23.2 Å². The molecule has 2 aromatic heterocycles. The van der Waals surface area contributed by atoms with Crippen molar-refractivity contribution in [3.63, 3.8) is 0 Å². The van der Waals surface area contributed by atoms with Gasteiger partial charge in [-0.3, -0.25) is 9.89 Å². The molecular weight excluding hydrogens is 425 g/mol. The molecule has 0 aliphatic heterocycles. The number of hydrogen-bond acceptors (Lipinski definition) is 4. The Morgan fingerprint density at radius 1 is 1.13 bits per heavy atom. The molecule has 2 saturated carbocycles. The molecule has 30 heavy (non-hydrogen) atoms. The van der Waals surface area contributed by atoms with Crippen LogP contribution in [0, 0.1) is 11.8 Å². The third kappa shape index (κ3) is 2.73. The van der Waals surface area contributed by atoms with Crippen LogP contribution >= 0.6 is 23.2 Å². The first-order chi connectivity index (χ1) is 14.4. The van der Waals surface area contributed by atoms with E-state index in [-0.39, 0.29) is 29.6 Å². The fourth-order valence-electron chi connectivity index (χ4n) is 5.01. The van der Waals surface area contributed by atoms with Crippen LogP contribution in [0.15, 0.2) is 36.5 Å². The van der Waals surface area contributed by atoms with Crippen LogP contribution in [0.1, 0.15) is 29.0 Å². The zero-order valence-electron chi connectivity index (χ0n) is 15.6. The molecule has 2 aliphatic carbocycles. The Morgan fingerprint density at radius 2 is 1.93 bits per heavy atom. The van der Waals surface area contributed by atoms with E-state index >= 15 is 0 Å². The summed E-state index contributed by atoms with van der Waals surface area (Å²) < 4.78 is 0. The Kier molecular flexibility index (Phi) is 3.76. The standard InChI is InChI=1S/C21H17Cl2N5O2/c22-9-1-2-15-17(4-9)26-19(25-15)20(29)27-18-11-6-21(30,7-12(11)18)14-3-10(23)5-16-13(14)8-24-28-16/h1-5,8,11-12,18,30H,6-7H2,(H,24,28)(H,25,26)(H,27,29)/t11-,12+,18+,21-. The van der Waals surface area contributed by atoms with Gasteiger partial charge in [-0.25, -0.2) is 4.98 Å². The molecule has 2 heterocycles. The van der Waals surface area contributed by atoms with E-state index in [9.17, 15) is 9.90 Å². The smallest absolute Gasteiger partial charge is 0.287 e. The molecule has 4 N–H and O–H groups in total. The number of aromatic amines is 2. The van der Waals surface area contributed by atoms with Crippen molar-refractivity contribution in [3.05, 3.63) is 58.0 Å². The maximum Gasteiger partial charge on any atom is 0.287 e. The summed E-state index contributed by atoms with van der Waals surface area (Å²) in [6, 6.07) is 8.93. The molecule has 0 radical (unpaired) electrons. The first-order valence-corrected chi connectivity index (χ1v) is 10.5. The molecule has 2 aromatic carbocycles. The Balaban J connectivity index is 1.19. The molecule has 0 spiro atoms. The third-order valence-corrected chi connectivity index (χ3v) is 6.91. The minimum Gasteiger partial charge on any atom is -0.385 e. The molecular formula is C21H17Cl2N5O2. The summed E-state index contributed by atoms with van der Waals surface area (Å²) in [5, 5.41) is 23.4. The molecule has 6 rings (SSSR count). The second-order valence-corrected chi connectivity index (χ2v) is 9.17. The van der Waals surface area contributed by atoms with Gasteiger partial charge in [0.15, 0.2) is 5.82 Å². The van der Waals surface area contributed by atoms with Crippen molar-refractivity contribution in [2.45, 2.75) is 24.5 Å². The number of nitrogens with zero attached hydrogens (tertiary/aromatic N) is 2. The Labute approximate surface area is 180 Å². The summed E-state index contributed by atoms with van der Waals surface area (Å²) in [4.78, 5) is 20.0. The van der Waals surface area contributed by atoms with E-state index in [2.05, 4.69) is 25.5 Å². The minimum absolute atomic E-state index is 0.0357. The van der Waals surface area contributed by atoms with Gasteiger partial charge in [0.1, 0.15) is 0 Å². The molecule has 7 nitrogen and oxygen atoms in total. The van der Waals surface area contributed by atoms with Gasteiger partial charge < -0.3 is 15.4 Å². The zero-order valence-corrected chi connectivity index (χ0v) is 17.1. The van der Waals surface area contributed by atoms with Crippen LogP contribution in [0.3, 0.4) is 0 Å². The van der Waals surface area contributed by atoms with Gasteiger partial charge in [-0.15, -0.1) is 0 Å². The SMILES string of the molecule is O=C(N[C@H]1[C@@H]2C[C@](O)(c3cc(Cl)cc4[nH]ncc34)C[C@@H]21)c1nc2cc(Cl)ccc2[nH]1. The summed E-state index contributed by atoms with van der Waals surface area (Å²) in [5.74, 6) is 0.463. The number of benzene rings is 2. The lowest BCUT2D eigenvalue weighted by Crippen LogP contribution is -2.34. The normalized spacial score (nSPS) is 27.5. The molecule has 4 atom stereocenters. The van der Waals surface area contributed by atoms with Crippen molar-refractivity contribution in [1.82, 2.24) is 25.5 Å². The number of imidazole rings is 1. The number of H-pyrrole nitrogens is 2. The van der Waals surface area contributed by atoms with E-state index < -0.39 is 5.60 Å². The summed E-state index contributed by atoms with van der Waals surface area (Å²) in [6.45, 7) is 0. The Morgan fingerprint density at radius 3 is 2.73 bits per heavy atom. The lowest BCUT2D eigenvalue weighted by molar-refractivity contribution is 0.0293. The minimum atomic E-state index is -0.973. The van der Waals surface area contributed by atoms with Gasteiger partial charge in [0.05, 0.1) is 28.3 Å². The molecule has 4 aromatic rings. The summed E-state index contributed by atoms with van der Waals surface area (Å²) in [5.41, 5.74) is 2.05. The van der Waals surface area contributed by atoms with E-state index in [0.717, 1.165) is 22.0 Å². The largest absolute Gasteiger partial charge is 0.385 e. The van der Waals surface area contributed by atoms with E-state index in [0.29, 0.717) is 28.4 Å². The number of halogens is 2. The molecule has 1 amide bonds. The van der Waals surface area contributed by atoms with Gasteiger partial charge in [-0.2, -0.15) is 5.10 Å². The van der Waals surface area contributed by atoms with E-state index in [4.69, 9.17) is 23.2 Å². The number of carbonyl (C=O) groups excluding carboxylic acids is 1. The van der Waals surface area contributed by atoms with Crippen LogP contribution in [-0.4, -0.2) is 37.2 Å². The van der Waals surface area contributed by atoms with Crippen molar-refractivity contribution in [2.75, 3.05) is 0 Å². The summed E-state index contributed by atoms with van der Waals surface area (Å²) >= 11 is 12.2. The number of fused-ring (bicyclic) bond motifs is 3. The van der Waals surface area contributed by atoms with Gasteiger partial charge in [0.2, 0.25) is 0 Å². The van der Waals surface area contributed by atoms with Crippen molar-refractivity contribution >= 4 is 51.0 Å². The molecule has 0 bridgehead atoms. The molecule has 9 heteroatoms. The lowest BCUT2D eigenvalue weighted by atomic mass is 9.86. The lowest BCUT2D eigenvalue weighted by Gasteiger charge is -2.27. The van der Waals surface area contributed by atoms with E-state index in [1.807, 2.05) is 6.07 Å². The number of hydrogen-bond donors (Lipinski definition) is 4. The van der Waals surface area contributed by atoms with Crippen LogP contribution in [0.5, 0.6) is 0 Å².